The first-order chi connectivity index (χ1) is 41.0. The van der Waals surface area contributed by atoms with Crippen LogP contribution in [-0.4, -0.2) is 193 Å². The molecular formula is C58H83N13O15S. The van der Waals surface area contributed by atoms with Gasteiger partial charge in [-0.15, -0.1) is 11.8 Å². The van der Waals surface area contributed by atoms with Crippen LogP contribution in [0.3, 0.4) is 0 Å². The second-order valence-corrected chi connectivity index (χ2v) is 24.8. The fraction of sp³-hybridized carbons (Fsp3) is 0.569. The van der Waals surface area contributed by atoms with Gasteiger partial charge in [-0.3, -0.25) is 52.7 Å². The summed E-state index contributed by atoms with van der Waals surface area (Å²) in [5.74, 6) is -11.7. The maximum absolute atomic E-state index is 15.0. The third-order valence-electron chi connectivity index (χ3n) is 15.4. The van der Waals surface area contributed by atoms with Crippen molar-refractivity contribution in [2.75, 3.05) is 37.3 Å². The van der Waals surface area contributed by atoms with Crippen LogP contribution in [-0.2, 0) is 65.7 Å². The molecule has 16 N–H and O–H groups in total. The lowest BCUT2D eigenvalue weighted by atomic mass is 9.93. The minimum atomic E-state index is -1.83. The minimum absolute atomic E-state index is 0.0724. The molecule has 29 heteroatoms. The van der Waals surface area contributed by atoms with Gasteiger partial charge in [-0.2, -0.15) is 0 Å². The van der Waals surface area contributed by atoms with E-state index in [1.807, 2.05) is 34.6 Å². The number of amides is 11. The van der Waals surface area contributed by atoms with Crippen LogP contribution in [0.25, 0.3) is 10.9 Å². The topological polar surface area (TPSA) is 420 Å². The monoisotopic (exact) mass is 1230 g/mol. The van der Waals surface area contributed by atoms with Crippen molar-refractivity contribution in [3.8, 4) is 5.75 Å². The van der Waals surface area contributed by atoms with Crippen molar-refractivity contribution < 1.29 is 73.2 Å². The van der Waals surface area contributed by atoms with Gasteiger partial charge < -0.3 is 88.8 Å². The largest absolute Gasteiger partial charge is 0.508 e. The Balaban J connectivity index is 1.35. The summed E-state index contributed by atoms with van der Waals surface area (Å²) in [5.41, 5.74) is 1.17. The predicted molar refractivity (Wildman–Crippen MR) is 319 cm³/mol. The molecule has 0 unspecified atom stereocenters. The van der Waals surface area contributed by atoms with Crippen molar-refractivity contribution in [2.45, 2.75) is 166 Å². The summed E-state index contributed by atoms with van der Waals surface area (Å²) in [6.07, 6.45) is -4.24. The molecule has 4 heterocycles. The standard InChI is InChI=1S/C58H83N13O15S/c1-10-28(4)47-53(83)61-22-44(77)64-40-26-87-56-36(35-16-15-33(73)17-37(35)67-56)19-38(50(80)60-23-45(78)68-47)65-55(85)48(29(5)42(75)25-72)69-52(82)41-18-34(74)24-71(41)57(86)39(66-51(40)81)20-43(76)59-21-31-11-13-32(14-12-31)63-49(79)30(6)62-54(84)46(27(2)3)70-58(7,8)9/h11-17,27-30,34,38-42,46-48,67,70,72-75H,10,18-26H2,1-9H3,(H,59,76)(H,60,80)(H,61,83)(H,62,84)(H,63,79)(H,64,77)(H,65,85)(H,66,81)(H,68,78)(H,69,82)/t28-,29-,30-,34+,38-,39-,40-,41-,42-,46-,47-,48-/m0/s1. The number of nitrogens with one attached hydrogen (secondary N) is 12. The number of phenolic OH excluding ortho intramolecular Hbond substituents is 1. The molecule has 3 aliphatic rings. The quantitative estimate of drug-likeness (QED) is 0.0764. The van der Waals surface area contributed by atoms with E-state index in [0.717, 1.165) is 16.7 Å². The van der Waals surface area contributed by atoms with Gasteiger partial charge in [0.1, 0.15) is 48.0 Å². The van der Waals surface area contributed by atoms with Crippen LogP contribution in [0.1, 0.15) is 92.7 Å². The van der Waals surface area contributed by atoms with Crippen molar-refractivity contribution in [3.05, 3.63) is 53.6 Å². The average molecular weight is 1230 g/mol. The summed E-state index contributed by atoms with van der Waals surface area (Å²) in [4.78, 5) is 159. The smallest absolute Gasteiger partial charge is 0.246 e. The molecule has 6 rings (SSSR count). The lowest BCUT2D eigenvalue weighted by Gasteiger charge is -2.33. The van der Waals surface area contributed by atoms with Gasteiger partial charge in [0.25, 0.3) is 0 Å². The first kappa shape index (κ1) is 68.3. The van der Waals surface area contributed by atoms with E-state index >= 15 is 0 Å². The van der Waals surface area contributed by atoms with E-state index in [9.17, 15) is 73.2 Å². The summed E-state index contributed by atoms with van der Waals surface area (Å²) in [7, 11) is 0. The number of hydrogen-bond donors (Lipinski definition) is 16. The zero-order valence-corrected chi connectivity index (χ0v) is 51.1. The van der Waals surface area contributed by atoms with Crippen molar-refractivity contribution in [1.29, 1.82) is 0 Å². The van der Waals surface area contributed by atoms with Gasteiger partial charge >= 0.3 is 0 Å². The number of aliphatic hydroxyl groups excluding tert-OH is 3. The molecule has 1 aromatic heterocycles. The molecule has 2 bridgehead atoms. The highest BCUT2D eigenvalue weighted by molar-refractivity contribution is 7.99. The van der Waals surface area contributed by atoms with E-state index in [1.54, 1.807) is 45.0 Å². The molecule has 1 saturated heterocycles. The molecule has 87 heavy (non-hydrogen) atoms. The van der Waals surface area contributed by atoms with Crippen LogP contribution in [0.15, 0.2) is 47.5 Å². The molecular weight excluding hydrogens is 1150 g/mol. The van der Waals surface area contributed by atoms with Crippen molar-refractivity contribution in [3.63, 3.8) is 0 Å². The molecule has 3 aromatic rings. The number of aromatic amines is 1. The Morgan fingerprint density at radius 3 is 2.09 bits per heavy atom. The lowest BCUT2D eigenvalue weighted by molar-refractivity contribution is -0.144. The number of anilines is 1. The lowest BCUT2D eigenvalue weighted by Crippen LogP contribution is -2.62. The zero-order chi connectivity index (χ0) is 64.2. The highest BCUT2D eigenvalue weighted by atomic mass is 32.2. The van der Waals surface area contributed by atoms with Gasteiger partial charge in [-0.05, 0) is 74.9 Å². The maximum atomic E-state index is 15.0. The Hall–Kier alpha value is -7.86. The predicted octanol–water partition coefficient (Wildman–Crippen LogP) is -2.25. The Labute approximate surface area is 507 Å². The molecule has 0 spiro atoms. The normalized spacial score (nSPS) is 24.1. The minimum Gasteiger partial charge on any atom is -0.508 e. The van der Waals surface area contributed by atoms with E-state index in [2.05, 4.69) is 63.5 Å². The highest BCUT2D eigenvalue weighted by Gasteiger charge is 2.45. The Morgan fingerprint density at radius 1 is 0.782 bits per heavy atom. The highest BCUT2D eigenvalue weighted by Crippen LogP contribution is 2.34. The van der Waals surface area contributed by atoms with Crippen LogP contribution in [0.5, 0.6) is 5.75 Å². The molecule has 3 aliphatic heterocycles. The molecule has 0 aliphatic carbocycles. The number of nitrogens with zero attached hydrogens (tertiary/aromatic N) is 1. The van der Waals surface area contributed by atoms with Crippen LogP contribution in [0, 0.1) is 17.8 Å². The van der Waals surface area contributed by atoms with E-state index in [4.69, 9.17) is 0 Å². The first-order valence-corrected chi connectivity index (χ1v) is 30.0. The molecule has 1 fully saturated rings. The van der Waals surface area contributed by atoms with E-state index < -0.39 is 171 Å². The number of aliphatic hydroxyl groups is 3. The van der Waals surface area contributed by atoms with Crippen LogP contribution >= 0.6 is 11.8 Å². The van der Waals surface area contributed by atoms with Crippen LogP contribution in [0.4, 0.5) is 5.69 Å². The summed E-state index contributed by atoms with van der Waals surface area (Å²) in [6.45, 7) is 12.9. The molecule has 12 atom stereocenters. The zero-order valence-electron chi connectivity index (χ0n) is 50.3. The number of benzene rings is 2. The number of phenols is 1. The maximum Gasteiger partial charge on any atom is 0.246 e. The number of thioether (sulfide) groups is 1. The van der Waals surface area contributed by atoms with Crippen LogP contribution < -0.4 is 58.5 Å². The van der Waals surface area contributed by atoms with Gasteiger partial charge in [-0.25, -0.2) is 0 Å². The van der Waals surface area contributed by atoms with Gasteiger partial charge in [0, 0.05) is 60.3 Å². The van der Waals surface area contributed by atoms with Gasteiger partial charge in [0.15, 0.2) is 0 Å². The number of aromatic hydroxyl groups is 1. The first-order valence-electron chi connectivity index (χ1n) is 29.0. The number of hydrogen-bond acceptors (Lipinski definition) is 17. The molecule has 2 aromatic carbocycles. The summed E-state index contributed by atoms with van der Waals surface area (Å²) >= 11 is 0.936. The number of H-pyrrole nitrogens is 1. The number of fused-ring (bicyclic) bond motifs is 5. The molecule has 0 radical (unpaired) electrons. The van der Waals surface area contributed by atoms with E-state index in [-0.39, 0.29) is 46.9 Å². The summed E-state index contributed by atoms with van der Waals surface area (Å²) in [6, 6.07) is -0.506. The number of carbonyl (C=O) groups is 11. The van der Waals surface area contributed by atoms with Crippen molar-refractivity contribution >= 4 is 93.3 Å². The summed E-state index contributed by atoms with van der Waals surface area (Å²) < 4.78 is 0. The number of aromatic nitrogens is 1. The second-order valence-electron chi connectivity index (χ2n) is 23.8. The van der Waals surface area contributed by atoms with Crippen molar-refractivity contribution in [2.24, 2.45) is 17.8 Å². The molecule has 0 saturated carbocycles. The third kappa shape index (κ3) is 18.6. The summed E-state index contributed by atoms with van der Waals surface area (Å²) in [5, 5.41) is 72.7. The Morgan fingerprint density at radius 2 is 1.45 bits per heavy atom. The third-order valence-corrected chi connectivity index (χ3v) is 16.5. The molecule has 28 nitrogen and oxygen atoms in total. The van der Waals surface area contributed by atoms with Gasteiger partial charge in [0.2, 0.25) is 65.0 Å². The SMILES string of the molecule is CC[C@H](C)[C@@H]1NC(=O)CNC(=O)[C@@H]2Cc3c([nH]c4cc(O)ccc34)SC[C@H](NC(=O)CNC1=O)C(=O)N[C@@H](CC(=O)NCc1ccc(NC(=O)[C@H](C)NC(=O)[C@@H](NC(C)(C)C)C(C)C)cc1)C(=O)N1C[C@H](O)C[C@H]1C(=O)N[C@@H]([C@@H](C)[C@@H](O)CO)C(=O)N2. The van der Waals surface area contributed by atoms with E-state index in [0.29, 0.717) is 34.1 Å². The van der Waals surface area contributed by atoms with Crippen molar-refractivity contribution in [1.82, 2.24) is 63.1 Å². The average Bonchev–Trinajstić information content (AvgIpc) is 2.22. The number of carbonyl (C=O) groups excluding carboxylic acids is 11. The fourth-order valence-corrected chi connectivity index (χ4v) is 11.3. The van der Waals surface area contributed by atoms with E-state index in [1.165, 1.54) is 25.1 Å². The van der Waals surface area contributed by atoms with Gasteiger partial charge in [0.05, 0.1) is 54.9 Å². The fourth-order valence-electron chi connectivity index (χ4n) is 10.1. The molecule has 476 valence electrons. The number of rotatable bonds is 15. The van der Waals surface area contributed by atoms with Crippen LogP contribution in [0.2, 0.25) is 0 Å². The van der Waals surface area contributed by atoms with Gasteiger partial charge in [-0.1, -0.05) is 53.2 Å². The Kier molecular flexibility index (Phi) is 23.7. The second kappa shape index (κ2) is 30.2. The Bertz CT molecular complexity index is 3040. The molecule has 11 amide bonds.